The molecule has 0 saturated heterocycles. The summed E-state index contributed by atoms with van der Waals surface area (Å²) >= 11 is 0. The smallest absolute Gasteiger partial charge is 0.265 e. The first kappa shape index (κ1) is 21.8. The maximum atomic E-state index is 12.6. The molecule has 30 heavy (non-hydrogen) atoms. The van der Waals surface area contributed by atoms with Crippen LogP contribution in [0.5, 0.6) is 5.75 Å². The summed E-state index contributed by atoms with van der Waals surface area (Å²) in [7, 11) is -3.53. The van der Waals surface area contributed by atoms with Crippen molar-refractivity contribution in [3.8, 4) is 5.75 Å². The average Bonchev–Trinajstić information content (AvgIpc) is 2.75. The van der Waals surface area contributed by atoms with Crippen molar-refractivity contribution < 1.29 is 17.9 Å². The lowest BCUT2D eigenvalue weighted by Crippen LogP contribution is -2.31. The molecule has 0 fully saturated rings. The van der Waals surface area contributed by atoms with E-state index in [0.29, 0.717) is 24.5 Å². The summed E-state index contributed by atoms with van der Waals surface area (Å²) in [4.78, 5) is 12.8. The number of hydrogen-bond donors (Lipinski definition) is 1. The predicted molar refractivity (Wildman–Crippen MR) is 119 cm³/mol. The number of ether oxygens (including phenoxy) is 1. The Kier molecular flexibility index (Phi) is 6.74. The van der Waals surface area contributed by atoms with Crippen LogP contribution in [0.25, 0.3) is 10.8 Å². The van der Waals surface area contributed by atoms with Crippen LogP contribution in [-0.4, -0.2) is 37.8 Å². The highest BCUT2D eigenvalue weighted by Crippen LogP contribution is 2.26. The van der Waals surface area contributed by atoms with Gasteiger partial charge in [-0.2, -0.15) is 4.31 Å². The summed E-state index contributed by atoms with van der Waals surface area (Å²) in [6.07, 6.45) is -0.727. The van der Waals surface area contributed by atoms with E-state index in [2.05, 4.69) is 5.32 Å². The van der Waals surface area contributed by atoms with Crippen LogP contribution in [0, 0.1) is 0 Å². The summed E-state index contributed by atoms with van der Waals surface area (Å²) in [6, 6.07) is 19.7. The first-order valence-electron chi connectivity index (χ1n) is 9.92. The summed E-state index contributed by atoms with van der Waals surface area (Å²) in [6.45, 7) is 6.08. The van der Waals surface area contributed by atoms with Crippen LogP contribution < -0.4 is 10.1 Å². The Labute approximate surface area is 177 Å². The molecule has 3 rings (SSSR count). The zero-order valence-corrected chi connectivity index (χ0v) is 18.1. The summed E-state index contributed by atoms with van der Waals surface area (Å²) in [5.74, 6) is 0.318. The average molecular weight is 427 g/mol. The molecule has 0 radical (unpaired) electrons. The molecule has 1 amide bonds. The monoisotopic (exact) mass is 426 g/mol. The van der Waals surface area contributed by atoms with Gasteiger partial charge in [-0.1, -0.05) is 50.2 Å². The van der Waals surface area contributed by atoms with Crippen molar-refractivity contribution in [3.63, 3.8) is 0 Å². The van der Waals surface area contributed by atoms with Crippen LogP contribution in [0.3, 0.4) is 0 Å². The standard InChI is InChI=1S/C23H26N2O4S/c1-4-25(5-2)30(27,28)20-15-13-19(14-16-20)24-23(26)17(3)29-22-12-8-10-18-9-6-7-11-21(18)22/h6-17H,4-5H2,1-3H3,(H,24,26)/t17-/m1/s1. The molecule has 7 heteroatoms. The minimum absolute atomic E-state index is 0.198. The Bertz CT molecular complexity index is 1120. The molecule has 3 aromatic rings. The number of rotatable bonds is 8. The number of hydrogen-bond acceptors (Lipinski definition) is 4. The Morgan fingerprint density at radius 3 is 2.27 bits per heavy atom. The second-order valence-corrected chi connectivity index (χ2v) is 8.78. The SMILES string of the molecule is CCN(CC)S(=O)(=O)c1ccc(NC(=O)[C@@H](C)Oc2cccc3ccccc23)cc1. The normalized spacial score (nSPS) is 12.7. The molecule has 0 saturated carbocycles. The fourth-order valence-corrected chi connectivity index (χ4v) is 4.67. The summed E-state index contributed by atoms with van der Waals surface area (Å²) in [5.41, 5.74) is 0.506. The fraction of sp³-hybridized carbons (Fsp3) is 0.261. The van der Waals surface area contributed by atoms with Crippen molar-refractivity contribution in [3.05, 3.63) is 66.7 Å². The lowest BCUT2D eigenvalue weighted by atomic mass is 10.1. The van der Waals surface area contributed by atoms with E-state index in [9.17, 15) is 13.2 Å². The number of anilines is 1. The third kappa shape index (κ3) is 4.63. The van der Waals surface area contributed by atoms with E-state index in [4.69, 9.17) is 4.74 Å². The topological polar surface area (TPSA) is 75.7 Å². The quantitative estimate of drug-likeness (QED) is 0.583. The Morgan fingerprint density at radius 2 is 1.60 bits per heavy atom. The van der Waals surface area contributed by atoms with Gasteiger partial charge in [-0.3, -0.25) is 4.79 Å². The number of amides is 1. The van der Waals surface area contributed by atoms with Crippen molar-refractivity contribution in [2.24, 2.45) is 0 Å². The van der Waals surface area contributed by atoms with Crippen LogP contribution in [0.2, 0.25) is 0 Å². The number of sulfonamides is 1. The van der Waals surface area contributed by atoms with Gasteiger partial charge in [0.25, 0.3) is 5.91 Å². The molecule has 3 aromatic carbocycles. The van der Waals surface area contributed by atoms with Crippen LogP contribution in [0.15, 0.2) is 71.6 Å². The minimum Gasteiger partial charge on any atom is -0.480 e. The van der Waals surface area contributed by atoms with Crippen LogP contribution >= 0.6 is 0 Å². The highest BCUT2D eigenvalue weighted by molar-refractivity contribution is 7.89. The molecule has 0 aliphatic carbocycles. The number of benzene rings is 3. The van der Waals surface area contributed by atoms with E-state index in [1.54, 1.807) is 32.9 Å². The van der Waals surface area contributed by atoms with Crippen molar-refractivity contribution >= 4 is 32.4 Å². The third-order valence-corrected chi connectivity index (χ3v) is 6.95. The van der Waals surface area contributed by atoms with Crippen molar-refractivity contribution in [1.82, 2.24) is 4.31 Å². The number of nitrogens with zero attached hydrogens (tertiary/aromatic N) is 1. The second-order valence-electron chi connectivity index (χ2n) is 6.84. The molecule has 0 aliphatic rings. The van der Waals surface area contributed by atoms with Gasteiger partial charge >= 0.3 is 0 Å². The van der Waals surface area contributed by atoms with E-state index >= 15 is 0 Å². The van der Waals surface area contributed by atoms with Crippen molar-refractivity contribution in [2.75, 3.05) is 18.4 Å². The molecule has 0 unspecified atom stereocenters. The molecule has 0 heterocycles. The molecule has 0 bridgehead atoms. The van der Waals surface area contributed by atoms with Gasteiger partial charge in [0.2, 0.25) is 10.0 Å². The fourth-order valence-electron chi connectivity index (χ4n) is 3.21. The maximum absolute atomic E-state index is 12.6. The second kappa shape index (κ2) is 9.28. The van der Waals surface area contributed by atoms with E-state index in [1.165, 1.54) is 16.4 Å². The Hall–Kier alpha value is -2.90. The number of carbonyl (C=O) groups is 1. The summed E-state index contributed by atoms with van der Waals surface area (Å²) < 4.78 is 32.4. The van der Waals surface area contributed by atoms with Crippen LogP contribution in [0.1, 0.15) is 20.8 Å². The highest BCUT2D eigenvalue weighted by Gasteiger charge is 2.22. The van der Waals surface area contributed by atoms with Gasteiger partial charge in [-0.25, -0.2) is 8.42 Å². The van der Waals surface area contributed by atoms with Gasteiger partial charge < -0.3 is 10.1 Å². The molecular weight excluding hydrogens is 400 g/mol. The first-order valence-corrected chi connectivity index (χ1v) is 11.4. The zero-order valence-electron chi connectivity index (χ0n) is 17.3. The first-order chi connectivity index (χ1) is 14.4. The van der Waals surface area contributed by atoms with Gasteiger partial charge in [-0.15, -0.1) is 0 Å². The summed E-state index contributed by atoms with van der Waals surface area (Å²) in [5, 5.41) is 4.74. The molecule has 0 spiro atoms. The number of fused-ring (bicyclic) bond motifs is 1. The zero-order chi connectivity index (χ0) is 21.7. The lowest BCUT2D eigenvalue weighted by Gasteiger charge is -2.19. The van der Waals surface area contributed by atoms with E-state index < -0.39 is 16.1 Å². The van der Waals surface area contributed by atoms with Gasteiger partial charge in [-0.05, 0) is 42.6 Å². The van der Waals surface area contributed by atoms with Crippen molar-refractivity contribution in [1.29, 1.82) is 0 Å². The maximum Gasteiger partial charge on any atom is 0.265 e. The molecule has 158 valence electrons. The minimum atomic E-state index is -3.53. The van der Waals surface area contributed by atoms with Gasteiger partial charge in [0.1, 0.15) is 5.75 Å². The molecular formula is C23H26N2O4S. The Morgan fingerprint density at radius 1 is 0.967 bits per heavy atom. The van der Waals surface area contributed by atoms with Crippen LogP contribution in [-0.2, 0) is 14.8 Å². The molecule has 0 aliphatic heterocycles. The lowest BCUT2D eigenvalue weighted by molar-refractivity contribution is -0.122. The van der Waals surface area contributed by atoms with Gasteiger partial charge in [0.15, 0.2) is 6.10 Å². The highest BCUT2D eigenvalue weighted by atomic mass is 32.2. The molecule has 1 atom stereocenters. The van der Waals surface area contributed by atoms with Crippen molar-refractivity contribution in [2.45, 2.75) is 31.8 Å². The van der Waals surface area contributed by atoms with E-state index in [-0.39, 0.29) is 10.8 Å². The molecule has 0 aromatic heterocycles. The van der Waals surface area contributed by atoms with Gasteiger partial charge in [0, 0.05) is 24.2 Å². The van der Waals surface area contributed by atoms with E-state index in [1.807, 2.05) is 42.5 Å². The number of nitrogens with one attached hydrogen (secondary N) is 1. The molecule has 6 nitrogen and oxygen atoms in total. The van der Waals surface area contributed by atoms with Gasteiger partial charge in [0.05, 0.1) is 4.90 Å². The van der Waals surface area contributed by atoms with E-state index in [0.717, 1.165) is 10.8 Å². The largest absolute Gasteiger partial charge is 0.480 e. The predicted octanol–water partition coefficient (Wildman–Crippen LogP) is 4.28. The molecule has 1 N–H and O–H groups in total. The number of carbonyl (C=O) groups excluding carboxylic acids is 1. The Balaban J connectivity index is 1.70. The third-order valence-electron chi connectivity index (χ3n) is 4.89. The van der Waals surface area contributed by atoms with Crippen LogP contribution in [0.4, 0.5) is 5.69 Å².